The second kappa shape index (κ2) is 12.3. The molecular weight excluding hydrogens is 457 g/mol. The quantitative estimate of drug-likeness (QED) is 0.528. The zero-order chi connectivity index (χ0) is 25.5. The largest absolute Gasteiger partial charge is 0.353 e. The zero-order valence-electron chi connectivity index (χ0n) is 20.9. The van der Waals surface area contributed by atoms with Crippen LogP contribution in [0.25, 0.3) is 0 Å². The predicted octanol–water partition coefficient (Wildman–Crippen LogP) is 3.81. The molecule has 0 spiro atoms. The Morgan fingerprint density at radius 1 is 0.972 bits per heavy atom. The molecule has 2 aliphatic rings. The minimum atomic E-state index is -0.301. The maximum Gasteiger partial charge on any atom is 0.224 e. The van der Waals surface area contributed by atoms with Gasteiger partial charge in [0.2, 0.25) is 11.8 Å². The molecule has 2 fully saturated rings. The Morgan fingerprint density at radius 2 is 1.64 bits per heavy atom. The summed E-state index contributed by atoms with van der Waals surface area (Å²) in [5, 5.41) is 6.35. The lowest BCUT2D eigenvalue weighted by Gasteiger charge is -2.35. The predicted molar refractivity (Wildman–Crippen MR) is 137 cm³/mol. The van der Waals surface area contributed by atoms with Crippen molar-refractivity contribution in [2.45, 2.75) is 57.5 Å². The van der Waals surface area contributed by atoms with E-state index < -0.39 is 0 Å². The lowest BCUT2D eigenvalue weighted by atomic mass is 9.72. The summed E-state index contributed by atoms with van der Waals surface area (Å²) in [6, 6.07) is 16.2. The number of hydrogen-bond acceptors (Lipinski definition) is 4. The van der Waals surface area contributed by atoms with Crippen LogP contribution in [0.1, 0.15) is 56.2 Å². The number of rotatable bonds is 10. The van der Waals surface area contributed by atoms with Crippen molar-refractivity contribution in [3.8, 4) is 0 Å². The Kier molecular flexibility index (Phi) is 8.86. The first-order valence-corrected chi connectivity index (χ1v) is 13.0. The Labute approximate surface area is 212 Å². The molecule has 1 heterocycles. The topological polar surface area (TPSA) is 78.5 Å². The summed E-state index contributed by atoms with van der Waals surface area (Å²) in [4.78, 5) is 39.1. The summed E-state index contributed by atoms with van der Waals surface area (Å²) in [5.74, 6) is -0.148. The maximum absolute atomic E-state index is 13.1. The summed E-state index contributed by atoms with van der Waals surface area (Å²) < 4.78 is 13.1. The van der Waals surface area contributed by atoms with Gasteiger partial charge in [-0.05, 0) is 62.3 Å². The van der Waals surface area contributed by atoms with Gasteiger partial charge in [0.25, 0.3) is 0 Å². The van der Waals surface area contributed by atoms with E-state index in [2.05, 4.69) is 15.5 Å². The third kappa shape index (κ3) is 7.23. The van der Waals surface area contributed by atoms with Gasteiger partial charge in [0.1, 0.15) is 11.6 Å². The Bertz CT molecular complexity index is 1030. The van der Waals surface area contributed by atoms with Gasteiger partial charge in [0, 0.05) is 37.5 Å². The molecule has 6 nitrogen and oxygen atoms in total. The first-order chi connectivity index (χ1) is 17.4. The first-order valence-electron chi connectivity index (χ1n) is 13.0. The highest BCUT2D eigenvalue weighted by Crippen LogP contribution is 2.35. The molecule has 1 unspecified atom stereocenters. The molecule has 2 aromatic rings. The Balaban J connectivity index is 1.22. The normalized spacial score (nSPS) is 21.3. The molecule has 0 radical (unpaired) electrons. The van der Waals surface area contributed by atoms with Crippen LogP contribution in [0, 0.1) is 17.7 Å². The fourth-order valence-electron chi connectivity index (χ4n) is 5.14. The van der Waals surface area contributed by atoms with Crippen LogP contribution in [0.4, 0.5) is 4.39 Å². The number of benzene rings is 2. The highest BCUT2D eigenvalue weighted by atomic mass is 19.1. The van der Waals surface area contributed by atoms with E-state index in [0.717, 1.165) is 50.0 Å². The number of carbonyl (C=O) groups is 3. The number of likely N-dealkylation sites (tertiary alicyclic amines) is 1. The summed E-state index contributed by atoms with van der Waals surface area (Å²) >= 11 is 0. The zero-order valence-corrected chi connectivity index (χ0v) is 20.9. The van der Waals surface area contributed by atoms with Crippen LogP contribution < -0.4 is 10.6 Å². The first kappa shape index (κ1) is 26.0. The second-order valence-corrected chi connectivity index (χ2v) is 10.2. The lowest BCUT2D eigenvalue weighted by Crippen LogP contribution is -2.46. The van der Waals surface area contributed by atoms with Crippen LogP contribution in [0.5, 0.6) is 0 Å². The molecule has 4 rings (SSSR count). The van der Waals surface area contributed by atoms with Crippen LogP contribution in [-0.4, -0.2) is 48.2 Å². The molecule has 192 valence electrons. The Morgan fingerprint density at radius 3 is 2.28 bits per heavy atom. The van der Waals surface area contributed by atoms with Crippen molar-refractivity contribution in [2.75, 3.05) is 19.6 Å². The number of Topliss-reactive ketones (excluding diaryl/α,β-unsaturated/α-hetero) is 1. The van der Waals surface area contributed by atoms with Crippen molar-refractivity contribution in [3.63, 3.8) is 0 Å². The van der Waals surface area contributed by atoms with Crippen molar-refractivity contribution in [2.24, 2.45) is 11.8 Å². The molecule has 2 amide bonds. The standard InChI is InChI=1S/C29H36FN3O3/c1-20(34)23-18-24(19-23)29(36)32-27(22-5-3-2-4-6-22)13-16-33-14-11-26(12-15-33)31-28(35)17-21-7-9-25(30)10-8-21/h2-10,23-24,26-27H,11-19H2,1H3,(H,31,35)(H,32,36). The lowest BCUT2D eigenvalue weighted by molar-refractivity contribution is -0.134. The maximum atomic E-state index is 13.1. The van der Waals surface area contributed by atoms with Gasteiger partial charge in [-0.15, -0.1) is 0 Å². The molecule has 1 aliphatic heterocycles. The van der Waals surface area contributed by atoms with Crippen LogP contribution in [0.15, 0.2) is 54.6 Å². The molecule has 1 saturated heterocycles. The third-order valence-corrected chi connectivity index (χ3v) is 7.57. The van der Waals surface area contributed by atoms with E-state index in [1.54, 1.807) is 19.1 Å². The number of hydrogen-bond donors (Lipinski definition) is 2. The van der Waals surface area contributed by atoms with Crippen molar-refractivity contribution >= 4 is 17.6 Å². The van der Waals surface area contributed by atoms with Gasteiger partial charge in [-0.25, -0.2) is 4.39 Å². The number of piperidine rings is 1. The van der Waals surface area contributed by atoms with E-state index >= 15 is 0 Å². The monoisotopic (exact) mass is 493 g/mol. The van der Waals surface area contributed by atoms with E-state index in [1.165, 1.54) is 12.1 Å². The number of nitrogens with one attached hydrogen (secondary N) is 2. The average molecular weight is 494 g/mol. The Hall–Kier alpha value is -3.06. The van der Waals surface area contributed by atoms with E-state index in [1.807, 2.05) is 30.3 Å². The number of carbonyl (C=O) groups excluding carboxylic acids is 3. The molecule has 1 aliphatic carbocycles. The molecule has 2 aromatic carbocycles. The molecule has 0 bridgehead atoms. The van der Waals surface area contributed by atoms with Crippen LogP contribution in [-0.2, 0) is 20.8 Å². The van der Waals surface area contributed by atoms with Crippen LogP contribution in [0.2, 0.25) is 0 Å². The van der Waals surface area contributed by atoms with Gasteiger partial charge in [-0.1, -0.05) is 42.5 Å². The molecular formula is C29H36FN3O3. The molecule has 0 aromatic heterocycles. The SMILES string of the molecule is CC(=O)C1CC(C(=O)NC(CCN2CCC(NC(=O)Cc3ccc(F)cc3)CC2)c2ccccc2)C1. The summed E-state index contributed by atoms with van der Waals surface area (Å²) in [7, 11) is 0. The van der Waals surface area contributed by atoms with Gasteiger partial charge in [-0.3, -0.25) is 14.4 Å². The van der Waals surface area contributed by atoms with E-state index in [4.69, 9.17) is 0 Å². The van der Waals surface area contributed by atoms with Gasteiger partial charge in [-0.2, -0.15) is 0 Å². The van der Waals surface area contributed by atoms with Crippen molar-refractivity contribution in [1.82, 2.24) is 15.5 Å². The fourth-order valence-corrected chi connectivity index (χ4v) is 5.14. The summed E-state index contributed by atoms with van der Waals surface area (Å²) in [6.07, 6.45) is 4.14. The minimum Gasteiger partial charge on any atom is -0.353 e. The number of ketones is 1. The highest BCUT2D eigenvalue weighted by molar-refractivity contribution is 5.85. The van der Waals surface area contributed by atoms with Gasteiger partial charge >= 0.3 is 0 Å². The summed E-state index contributed by atoms with van der Waals surface area (Å²) in [6.45, 7) is 4.24. The second-order valence-electron chi connectivity index (χ2n) is 10.2. The third-order valence-electron chi connectivity index (χ3n) is 7.57. The van der Waals surface area contributed by atoms with Gasteiger partial charge in [0.05, 0.1) is 12.5 Å². The van der Waals surface area contributed by atoms with Crippen molar-refractivity contribution in [1.29, 1.82) is 0 Å². The smallest absolute Gasteiger partial charge is 0.224 e. The molecule has 1 atom stereocenters. The molecule has 7 heteroatoms. The number of nitrogens with zero attached hydrogens (tertiary/aromatic N) is 1. The van der Waals surface area contributed by atoms with E-state index in [-0.39, 0.29) is 53.8 Å². The average Bonchev–Trinajstić information content (AvgIpc) is 2.83. The molecule has 2 N–H and O–H groups in total. The van der Waals surface area contributed by atoms with Crippen LogP contribution in [0.3, 0.4) is 0 Å². The van der Waals surface area contributed by atoms with Crippen LogP contribution >= 0.6 is 0 Å². The number of amides is 2. The fraction of sp³-hybridized carbons (Fsp3) is 0.483. The van der Waals surface area contributed by atoms with Gasteiger partial charge in [0.15, 0.2) is 0 Å². The van der Waals surface area contributed by atoms with Gasteiger partial charge < -0.3 is 15.5 Å². The number of halogens is 1. The van der Waals surface area contributed by atoms with Crippen molar-refractivity contribution < 1.29 is 18.8 Å². The highest BCUT2D eigenvalue weighted by Gasteiger charge is 2.37. The molecule has 36 heavy (non-hydrogen) atoms. The van der Waals surface area contributed by atoms with E-state index in [0.29, 0.717) is 12.8 Å². The van der Waals surface area contributed by atoms with E-state index in [9.17, 15) is 18.8 Å². The van der Waals surface area contributed by atoms with Crippen molar-refractivity contribution in [3.05, 3.63) is 71.5 Å². The summed E-state index contributed by atoms with van der Waals surface area (Å²) in [5.41, 5.74) is 1.90. The molecule has 1 saturated carbocycles. The minimum absolute atomic E-state index is 0.0325.